The third-order valence-corrected chi connectivity index (χ3v) is 4.94. The number of hydrogen-bond acceptors (Lipinski definition) is 3. The number of benzene rings is 1. The first-order valence-electron chi connectivity index (χ1n) is 5.73. The fourth-order valence-corrected chi connectivity index (χ4v) is 3.67. The van der Waals surface area contributed by atoms with Crippen LogP contribution >= 0.6 is 11.6 Å². The third kappa shape index (κ3) is 3.98. The fraction of sp³-hybridized carbons (Fsp3) is 0.500. The van der Waals surface area contributed by atoms with Gasteiger partial charge in [0.2, 0.25) is 0 Å². The van der Waals surface area contributed by atoms with E-state index >= 15 is 0 Å². The molecule has 1 aliphatic heterocycles. The molecule has 1 atom stereocenters. The first kappa shape index (κ1) is 12.9. The summed E-state index contributed by atoms with van der Waals surface area (Å²) >= 11 is 5.85. The molecule has 0 radical (unpaired) electrons. The van der Waals surface area contributed by atoms with Gasteiger partial charge in [-0.05, 0) is 37.1 Å². The lowest BCUT2D eigenvalue weighted by molar-refractivity contribution is 0.399. The Hall–Kier alpha value is -0.580. The summed E-state index contributed by atoms with van der Waals surface area (Å²) in [4.78, 5) is 0. The number of halogens is 1. The van der Waals surface area contributed by atoms with Crippen molar-refractivity contribution in [3.05, 3.63) is 34.9 Å². The monoisotopic (exact) mass is 273 g/mol. The minimum absolute atomic E-state index is 0.166. The third-order valence-electron chi connectivity index (χ3n) is 2.97. The Bertz CT molecular complexity index is 483. The van der Waals surface area contributed by atoms with Crippen molar-refractivity contribution in [3.63, 3.8) is 0 Å². The van der Waals surface area contributed by atoms with E-state index in [0.29, 0.717) is 11.4 Å². The quantitative estimate of drug-likeness (QED) is 0.888. The molecule has 1 unspecified atom stereocenters. The molecule has 1 heterocycles. The summed E-state index contributed by atoms with van der Waals surface area (Å²) in [6, 6.07) is 7.52. The van der Waals surface area contributed by atoms with Gasteiger partial charge in [0, 0.05) is 11.1 Å². The molecule has 0 aliphatic carbocycles. The van der Waals surface area contributed by atoms with Crippen LogP contribution in [0, 0.1) is 0 Å². The maximum absolute atomic E-state index is 11.8. The van der Waals surface area contributed by atoms with Gasteiger partial charge in [-0.15, -0.1) is 0 Å². The minimum Gasteiger partial charge on any atom is -0.313 e. The van der Waals surface area contributed by atoms with E-state index in [1.54, 1.807) is 6.07 Å². The van der Waals surface area contributed by atoms with Crippen LogP contribution in [0.25, 0.3) is 0 Å². The van der Waals surface area contributed by atoms with Crippen LogP contribution in [-0.2, 0) is 16.3 Å². The van der Waals surface area contributed by atoms with Crippen LogP contribution in [0.4, 0.5) is 0 Å². The van der Waals surface area contributed by atoms with Gasteiger partial charge < -0.3 is 5.32 Å². The number of nitrogens with one attached hydrogen (secondary N) is 1. The Morgan fingerprint density at radius 2 is 2.18 bits per heavy atom. The van der Waals surface area contributed by atoms with E-state index in [1.165, 1.54) is 0 Å². The van der Waals surface area contributed by atoms with E-state index in [0.717, 1.165) is 18.5 Å². The van der Waals surface area contributed by atoms with Gasteiger partial charge in [0.05, 0.1) is 11.5 Å². The molecule has 1 N–H and O–H groups in total. The van der Waals surface area contributed by atoms with Gasteiger partial charge in [0.1, 0.15) is 0 Å². The van der Waals surface area contributed by atoms with Gasteiger partial charge in [-0.25, -0.2) is 8.42 Å². The Kier molecular flexibility index (Phi) is 4.07. The van der Waals surface area contributed by atoms with Crippen molar-refractivity contribution >= 4 is 21.4 Å². The highest BCUT2D eigenvalue weighted by atomic mass is 35.5. The molecule has 1 aliphatic rings. The van der Waals surface area contributed by atoms with Gasteiger partial charge in [-0.2, -0.15) is 0 Å². The molecule has 0 aromatic heterocycles. The Morgan fingerprint density at radius 1 is 1.41 bits per heavy atom. The standard InChI is InChI=1S/C12H16ClNO2S/c13-11-3-1-2-10(8-11)5-7-17(15,16)9-12-4-6-14-12/h1-3,8,12,14H,4-7,9H2. The number of rotatable bonds is 5. The first-order valence-corrected chi connectivity index (χ1v) is 7.93. The zero-order valence-corrected chi connectivity index (χ0v) is 11.1. The highest BCUT2D eigenvalue weighted by Crippen LogP contribution is 2.13. The van der Waals surface area contributed by atoms with E-state index < -0.39 is 9.84 Å². The van der Waals surface area contributed by atoms with Crippen molar-refractivity contribution in [1.29, 1.82) is 0 Å². The smallest absolute Gasteiger partial charge is 0.152 e. The predicted molar refractivity (Wildman–Crippen MR) is 70.2 cm³/mol. The van der Waals surface area contributed by atoms with E-state index in [2.05, 4.69) is 5.32 Å². The highest BCUT2D eigenvalue weighted by molar-refractivity contribution is 7.91. The second-order valence-electron chi connectivity index (χ2n) is 4.43. The van der Waals surface area contributed by atoms with Crippen molar-refractivity contribution in [1.82, 2.24) is 5.32 Å². The maximum Gasteiger partial charge on any atom is 0.152 e. The molecule has 0 bridgehead atoms. The Labute approximate surface area is 107 Å². The molecular formula is C12H16ClNO2S. The average molecular weight is 274 g/mol. The molecule has 5 heteroatoms. The van der Waals surface area contributed by atoms with Gasteiger partial charge in [0.15, 0.2) is 9.84 Å². The summed E-state index contributed by atoms with van der Waals surface area (Å²) < 4.78 is 23.6. The molecule has 0 saturated carbocycles. The van der Waals surface area contributed by atoms with E-state index in [4.69, 9.17) is 11.6 Å². The summed E-state index contributed by atoms with van der Waals surface area (Å²) in [7, 11) is -2.96. The number of hydrogen-bond donors (Lipinski definition) is 1. The zero-order valence-electron chi connectivity index (χ0n) is 9.52. The predicted octanol–water partition coefficient (Wildman–Crippen LogP) is 1.66. The van der Waals surface area contributed by atoms with Gasteiger partial charge in [-0.3, -0.25) is 0 Å². The average Bonchev–Trinajstić information content (AvgIpc) is 2.22. The lowest BCUT2D eigenvalue weighted by Crippen LogP contribution is -2.47. The lowest BCUT2D eigenvalue weighted by atomic mass is 10.1. The normalized spacial score (nSPS) is 19.9. The van der Waals surface area contributed by atoms with Crippen molar-refractivity contribution < 1.29 is 8.42 Å². The van der Waals surface area contributed by atoms with Crippen LogP contribution in [0.5, 0.6) is 0 Å². The lowest BCUT2D eigenvalue weighted by Gasteiger charge is -2.27. The maximum atomic E-state index is 11.8. The van der Waals surface area contributed by atoms with E-state index in [-0.39, 0.29) is 17.5 Å². The van der Waals surface area contributed by atoms with E-state index in [1.807, 2.05) is 18.2 Å². The molecule has 1 aromatic rings. The van der Waals surface area contributed by atoms with Crippen LogP contribution in [0.3, 0.4) is 0 Å². The van der Waals surface area contributed by atoms with Crippen molar-refractivity contribution in [3.8, 4) is 0 Å². The Balaban J connectivity index is 1.88. The molecule has 3 nitrogen and oxygen atoms in total. The second kappa shape index (κ2) is 5.38. The fourth-order valence-electron chi connectivity index (χ4n) is 1.85. The molecule has 1 fully saturated rings. The summed E-state index contributed by atoms with van der Waals surface area (Å²) in [6.45, 7) is 0.939. The molecule has 1 saturated heterocycles. The molecular weight excluding hydrogens is 258 g/mol. The molecule has 0 spiro atoms. The van der Waals surface area contributed by atoms with Crippen molar-refractivity contribution in [2.75, 3.05) is 18.1 Å². The summed E-state index contributed by atoms with van der Waals surface area (Å²) in [6.07, 6.45) is 1.51. The number of sulfone groups is 1. The summed E-state index contributed by atoms with van der Waals surface area (Å²) in [5.41, 5.74) is 0.975. The second-order valence-corrected chi connectivity index (χ2v) is 7.10. The van der Waals surface area contributed by atoms with Crippen LogP contribution < -0.4 is 5.32 Å². The van der Waals surface area contributed by atoms with Gasteiger partial charge in [-0.1, -0.05) is 23.7 Å². The van der Waals surface area contributed by atoms with E-state index in [9.17, 15) is 8.42 Å². The van der Waals surface area contributed by atoms with Gasteiger partial charge in [0.25, 0.3) is 0 Å². The van der Waals surface area contributed by atoms with Crippen LogP contribution in [-0.4, -0.2) is 32.5 Å². The van der Waals surface area contributed by atoms with Crippen LogP contribution in [0.2, 0.25) is 5.02 Å². The summed E-state index contributed by atoms with van der Waals surface area (Å²) in [5, 5.41) is 3.76. The molecule has 1 aromatic carbocycles. The first-order chi connectivity index (χ1) is 8.05. The zero-order chi connectivity index (χ0) is 12.3. The molecule has 94 valence electrons. The van der Waals surface area contributed by atoms with Crippen LogP contribution in [0.15, 0.2) is 24.3 Å². The van der Waals surface area contributed by atoms with Crippen LogP contribution in [0.1, 0.15) is 12.0 Å². The topological polar surface area (TPSA) is 46.2 Å². The molecule has 2 rings (SSSR count). The SMILES string of the molecule is O=S(=O)(CCc1cccc(Cl)c1)CC1CCN1. The largest absolute Gasteiger partial charge is 0.313 e. The number of aryl methyl sites for hydroxylation is 1. The molecule has 17 heavy (non-hydrogen) atoms. The van der Waals surface area contributed by atoms with Gasteiger partial charge >= 0.3 is 0 Å². The minimum atomic E-state index is -2.96. The highest BCUT2D eigenvalue weighted by Gasteiger charge is 2.23. The van der Waals surface area contributed by atoms with Crippen molar-refractivity contribution in [2.24, 2.45) is 0 Å². The Morgan fingerprint density at radius 3 is 2.76 bits per heavy atom. The summed E-state index contributed by atoms with van der Waals surface area (Å²) in [5.74, 6) is 0.457. The van der Waals surface area contributed by atoms with Crippen molar-refractivity contribution in [2.45, 2.75) is 18.9 Å². The molecule has 0 amide bonds.